The maximum absolute atomic E-state index is 12.9. The Kier molecular flexibility index (Phi) is 7.15. The third-order valence-corrected chi connectivity index (χ3v) is 6.94. The van der Waals surface area contributed by atoms with Gasteiger partial charge in [-0.05, 0) is 50.4 Å². The van der Waals surface area contributed by atoms with Gasteiger partial charge in [-0.2, -0.15) is 0 Å². The van der Waals surface area contributed by atoms with Gasteiger partial charge in [0.2, 0.25) is 5.91 Å². The van der Waals surface area contributed by atoms with Crippen LogP contribution in [0.1, 0.15) is 35.1 Å². The van der Waals surface area contributed by atoms with Gasteiger partial charge in [0.1, 0.15) is 6.10 Å². The van der Waals surface area contributed by atoms with Gasteiger partial charge in [0.25, 0.3) is 5.91 Å². The largest absolute Gasteiger partial charge is 0.359 e. The third kappa shape index (κ3) is 5.81. The van der Waals surface area contributed by atoms with Crippen LogP contribution in [0.25, 0.3) is 0 Å². The molecule has 0 unspecified atom stereocenters. The van der Waals surface area contributed by atoms with Crippen molar-refractivity contribution in [3.63, 3.8) is 0 Å². The van der Waals surface area contributed by atoms with Gasteiger partial charge in [0.05, 0.1) is 12.0 Å². The first-order chi connectivity index (χ1) is 15.8. The van der Waals surface area contributed by atoms with Crippen LogP contribution in [-0.2, 0) is 27.3 Å². The molecule has 1 N–H and O–H groups in total. The number of nitrogens with one attached hydrogen (secondary N) is 1. The lowest BCUT2D eigenvalue weighted by atomic mass is 9.88. The Hall–Kier alpha value is -2.70. The summed E-state index contributed by atoms with van der Waals surface area (Å²) < 4.78 is 6.43. The van der Waals surface area contributed by atoms with E-state index in [9.17, 15) is 9.59 Å². The van der Waals surface area contributed by atoms with E-state index >= 15 is 0 Å². The van der Waals surface area contributed by atoms with Crippen LogP contribution in [0.5, 0.6) is 0 Å². The van der Waals surface area contributed by atoms with Gasteiger partial charge in [-0.1, -0.05) is 54.1 Å². The highest BCUT2D eigenvalue weighted by Gasteiger charge is 2.44. The second kappa shape index (κ2) is 10.1. The zero-order valence-electron chi connectivity index (χ0n) is 20.0. The molecule has 0 saturated carbocycles. The standard InChI is InChI=1S/C27H35N3O3/c1-20-8-10-22(11-9-20)17-28-26(32)24-18-29(3)19-27(33-24)12-14-30(15-13-27)25(31)16-23-7-5-4-6-21(23)2/h4-11,24H,12-19H2,1-3H3,(H,28,32)/t24-/m1/s1. The van der Waals surface area contributed by atoms with Crippen LogP contribution in [0.2, 0.25) is 0 Å². The summed E-state index contributed by atoms with van der Waals surface area (Å²) in [4.78, 5) is 29.9. The van der Waals surface area contributed by atoms with Gasteiger partial charge in [0.15, 0.2) is 0 Å². The summed E-state index contributed by atoms with van der Waals surface area (Å²) in [7, 11) is 2.04. The molecule has 1 atom stereocenters. The van der Waals surface area contributed by atoms with E-state index in [-0.39, 0.29) is 17.4 Å². The number of amides is 2. The number of likely N-dealkylation sites (tertiary alicyclic amines) is 1. The first kappa shape index (κ1) is 23.5. The maximum atomic E-state index is 12.9. The van der Waals surface area contributed by atoms with Crippen LogP contribution in [0.15, 0.2) is 48.5 Å². The van der Waals surface area contributed by atoms with E-state index < -0.39 is 6.10 Å². The molecule has 4 rings (SSSR count). The monoisotopic (exact) mass is 449 g/mol. The lowest BCUT2D eigenvalue weighted by Gasteiger charge is -2.48. The molecule has 2 amide bonds. The zero-order valence-corrected chi connectivity index (χ0v) is 20.0. The van der Waals surface area contributed by atoms with Crippen LogP contribution in [0.4, 0.5) is 0 Å². The average molecular weight is 450 g/mol. The topological polar surface area (TPSA) is 61.9 Å². The van der Waals surface area contributed by atoms with E-state index in [1.165, 1.54) is 5.56 Å². The van der Waals surface area contributed by atoms with Crippen molar-refractivity contribution in [1.82, 2.24) is 15.1 Å². The molecule has 6 heteroatoms. The summed E-state index contributed by atoms with van der Waals surface area (Å²) in [5.74, 6) is 0.0928. The Balaban J connectivity index is 1.32. The second-order valence-electron chi connectivity index (χ2n) is 9.67. The molecular weight excluding hydrogens is 414 g/mol. The van der Waals surface area contributed by atoms with Crippen molar-refractivity contribution in [3.8, 4) is 0 Å². The molecule has 176 valence electrons. The first-order valence-electron chi connectivity index (χ1n) is 11.9. The molecule has 2 saturated heterocycles. The summed E-state index contributed by atoms with van der Waals surface area (Å²) in [5, 5.41) is 3.04. The molecule has 0 aromatic heterocycles. The number of piperidine rings is 1. The molecule has 1 spiro atoms. The predicted octanol–water partition coefficient (Wildman–Crippen LogP) is 2.85. The summed E-state index contributed by atoms with van der Waals surface area (Å²) in [6.45, 7) is 7.29. The molecule has 2 heterocycles. The molecule has 2 aliphatic heterocycles. The van der Waals surface area contributed by atoms with Gasteiger partial charge >= 0.3 is 0 Å². The van der Waals surface area contributed by atoms with Gasteiger partial charge in [-0.3, -0.25) is 9.59 Å². The van der Waals surface area contributed by atoms with E-state index in [1.54, 1.807) is 0 Å². The first-order valence-corrected chi connectivity index (χ1v) is 11.9. The quantitative estimate of drug-likeness (QED) is 0.763. The summed E-state index contributed by atoms with van der Waals surface area (Å²) in [5.41, 5.74) is 4.14. The van der Waals surface area contributed by atoms with Gasteiger partial charge in [0, 0.05) is 32.7 Å². The van der Waals surface area contributed by atoms with Crippen molar-refractivity contribution >= 4 is 11.8 Å². The van der Waals surface area contributed by atoms with Gasteiger partial charge < -0.3 is 19.9 Å². The Morgan fingerprint density at radius 1 is 1.06 bits per heavy atom. The van der Waals surface area contributed by atoms with E-state index in [4.69, 9.17) is 4.74 Å². The minimum absolute atomic E-state index is 0.0699. The lowest BCUT2D eigenvalue weighted by Crippen LogP contribution is -2.61. The molecule has 0 bridgehead atoms. The van der Waals surface area contributed by atoms with Crippen molar-refractivity contribution in [2.75, 3.05) is 33.2 Å². The number of benzene rings is 2. The number of carbonyl (C=O) groups excluding carboxylic acids is 2. The predicted molar refractivity (Wildman–Crippen MR) is 129 cm³/mol. The number of morpholine rings is 1. The molecule has 33 heavy (non-hydrogen) atoms. The number of likely N-dealkylation sites (N-methyl/N-ethyl adjacent to an activating group) is 1. The fourth-order valence-corrected chi connectivity index (χ4v) is 4.88. The Morgan fingerprint density at radius 3 is 2.45 bits per heavy atom. The Bertz CT molecular complexity index is 980. The number of carbonyl (C=O) groups is 2. The van der Waals surface area contributed by atoms with E-state index in [2.05, 4.69) is 29.3 Å². The van der Waals surface area contributed by atoms with Gasteiger partial charge in [-0.25, -0.2) is 0 Å². The Labute approximate surface area is 196 Å². The molecule has 6 nitrogen and oxygen atoms in total. The normalized spacial score (nSPS) is 20.6. The molecule has 0 radical (unpaired) electrons. The van der Waals surface area contributed by atoms with Crippen LogP contribution in [-0.4, -0.2) is 66.5 Å². The zero-order chi connectivity index (χ0) is 23.4. The van der Waals surface area contributed by atoms with Gasteiger partial charge in [-0.15, -0.1) is 0 Å². The molecule has 0 aliphatic carbocycles. The maximum Gasteiger partial charge on any atom is 0.250 e. The van der Waals surface area contributed by atoms with Crippen molar-refractivity contribution in [2.45, 2.75) is 51.4 Å². The summed E-state index contributed by atoms with van der Waals surface area (Å²) in [6, 6.07) is 16.2. The van der Waals surface area contributed by atoms with E-state index in [1.807, 2.05) is 55.3 Å². The minimum Gasteiger partial charge on any atom is -0.359 e. The highest BCUT2D eigenvalue weighted by Crippen LogP contribution is 2.32. The number of rotatable bonds is 5. The third-order valence-electron chi connectivity index (χ3n) is 6.94. The molecule has 2 aromatic rings. The smallest absolute Gasteiger partial charge is 0.250 e. The number of ether oxygens (including phenoxy) is 1. The number of aryl methyl sites for hydroxylation is 2. The fourth-order valence-electron chi connectivity index (χ4n) is 4.88. The Morgan fingerprint density at radius 2 is 1.76 bits per heavy atom. The average Bonchev–Trinajstić information content (AvgIpc) is 2.80. The summed E-state index contributed by atoms with van der Waals surface area (Å²) >= 11 is 0. The van der Waals surface area contributed by atoms with Crippen molar-refractivity contribution in [3.05, 3.63) is 70.8 Å². The minimum atomic E-state index is -0.497. The van der Waals surface area contributed by atoms with E-state index in [0.29, 0.717) is 32.6 Å². The number of hydrogen-bond donors (Lipinski definition) is 1. The molecule has 2 fully saturated rings. The molecular formula is C27H35N3O3. The van der Waals surface area contributed by atoms with Crippen LogP contribution >= 0.6 is 0 Å². The fraction of sp³-hybridized carbons (Fsp3) is 0.481. The summed E-state index contributed by atoms with van der Waals surface area (Å²) in [6.07, 6.45) is 1.44. The van der Waals surface area contributed by atoms with Crippen molar-refractivity contribution < 1.29 is 14.3 Å². The number of nitrogens with zero attached hydrogens (tertiary/aromatic N) is 2. The van der Waals surface area contributed by atoms with Crippen molar-refractivity contribution in [2.24, 2.45) is 0 Å². The lowest BCUT2D eigenvalue weighted by molar-refractivity contribution is -0.183. The highest BCUT2D eigenvalue weighted by atomic mass is 16.5. The highest BCUT2D eigenvalue weighted by molar-refractivity contribution is 5.81. The van der Waals surface area contributed by atoms with Crippen LogP contribution in [0.3, 0.4) is 0 Å². The van der Waals surface area contributed by atoms with Crippen LogP contribution < -0.4 is 5.32 Å². The molecule has 2 aliphatic rings. The van der Waals surface area contributed by atoms with E-state index in [0.717, 1.165) is 36.1 Å². The second-order valence-corrected chi connectivity index (χ2v) is 9.67. The SMILES string of the molecule is Cc1ccc(CNC(=O)[C@H]2CN(C)CC3(CCN(C(=O)Cc4ccccc4C)CC3)O2)cc1. The number of hydrogen-bond acceptors (Lipinski definition) is 4. The van der Waals surface area contributed by atoms with Crippen molar-refractivity contribution in [1.29, 1.82) is 0 Å². The van der Waals surface area contributed by atoms with Crippen LogP contribution in [0, 0.1) is 13.8 Å². The molecule has 2 aromatic carbocycles.